The van der Waals surface area contributed by atoms with Gasteiger partial charge in [-0.1, -0.05) is 18.2 Å². The Hall–Kier alpha value is -1.58. The summed E-state index contributed by atoms with van der Waals surface area (Å²) in [5.74, 6) is 0. The molecule has 1 atom stereocenters. The molecule has 1 unspecified atom stereocenters. The van der Waals surface area contributed by atoms with Crippen LogP contribution in [-0.2, 0) is 6.54 Å². The molecule has 3 rings (SSSR count). The van der Waals surface area contributed by atoms with Gasteiger partial charge in [-0.05, 0) is 36.1 Å². The first-order valence-electron chi connectivity index (χ1n) is 6.16. The Kier molecular flexibility index (Phi) is 3.17. The Morgan fingerprint density at radius 2 is 2.17 bits per heavy atom. The summed E-state index contributed by atoms with van der Waals surface area (Å²) in [5, 5.41) is 7.01. The molecule has 0 amide bonds. The van der Waals surface area contributed by atoms with Crippen LogP contribution in [0.2, 0.25) is 0 Å². The molecule has 0 aliphatic heterocycles. The lowest BCUT2D eigenvalue weighted by Crippen LogP contribution is -2.17. The molecule has 3 heteroatoms. The van der Waals surface area contributed by atoms with Crippen molar-refractivity contribution in [1.29, 1.82) is 0 Å². The minimum absolute atomic E-state index is 0.402. The number of fused-ring (bicyclic) bond motifs is 1. The molecule has 0 bridgehead atoms. The second kappa shape index (κ2) is 4.96. The van der Waals surface area contributed by atoms with E-state index >= 15 is 0 Å². The molecule has 2 N–H and O–H groups in total. The lowest BCUT2D eigenvalue weighted by molar-refractivity contribution is 0.585. The van der Waals surface area contributed by atoms with Crippen molar-refractivity contribution >= 4 is 22.2 Å². The second-order valence-electron chi connectivity index (χ2n) is 4.47. The van der Waals surface area contributed by atoms with Gasteiger partial charge in [0.2, 0.25) is 0 Å². The molecule has 0 fully saturated rings. The average Bonchev–Trinajstić information content (AvgIpc) is 3.05. The van der Waals surface area contributed by atoms with Gasteiger partial charge in [-0.3, -0.25) is 0 Å². The van der Waals surface area contributed by atoms with E-state index in [1.54, 1.807) is 11.3 Å². The van der Waals surface area contributed by atoms with E-state index in [9.17, 15) is 0 Å². The molecule has 1 aromatic carbocycles. The highest BCUT2D eigenvalue weighted by Gasteiger charge is 2.07. The van der Waals surface area contributed by atoms with E-state index in [1.165, 1.54) is 21.3 Å². The number of nitrogens with one attached hydrogen (secondary N) is 2. The lowest BCUT2D eigenvalue weighted by Gasteiger charge is -2.12. The number of rotatable bonds is 4. The van der Waals surface area contributed by atoms with E-state index in [1.807, 2.05) is 6.20 Å². The van der Waals surface area contributed by atoms with Crippen LogP contribution in [0.1, 0.15) is 23.4 Å². The van der Waals surface area contributed by atoms with Crippen LogP contribution in [0.4, 0.5) is 0 Å². The highest BCUT2D eigenvalue weighted by atomic mass is 32.1. The number of hydrogen-bond acceptors (Lipinski definition) is 2. The molecule has 0 spiro atoms. The van der Waals surface area contributed by atoms with Crippen LogP contribution in [0.15, 0.2) is 48.0 Å². The standard InChI is InChI=1S/C15H16N2S/c1-11(15-6-3-9-18-15)17-10-12-4-2-5-14-13(12)7-8-16-14/h2-9,11,16-17H,10H2,1H3. The normalized spacial score (nSPS) is 12.9. The Morgan fingerprint density at radius 3 is 3.00 bits per heavy atom. The molecular formula is C15H16N2S. The summed E-state index contributed by atoms with van der Waals surface area (Å²) in [7, 11) is 0. The second-order valence-corrected chi connectivity index (χ2v) is 5.45. The van der Waals surface area contributed by atoms with Crippen molar-refractivity contribution in [2.75, 3.05) is 0 Å². The summed E-state index contributed by atoms with van der Waals surface area (Å²) in [6.45, 7) is 3.11. The largest absolute Gasteiger partial charge is 0.361 e. The third-order valence-electron chi connectivity index (χ3n) is 3.25. The zero-order valence-electron chi connectivity index (χ0n) is 10.3. The van der Waals surface area contributed by atoms with Crippen molar-refractivity contribution in [2.24, 2.45) is 0 Å². The van der Waals surface area contributed by atoms with Crippen molar-refractivity contribution < 1.29 is 0 Å². The van der Waals surface area contributed by atoms with Gasteiger partial charge in [-0.25, -0.2) is 0 Å². The van der Waals surface area contributed by atoms with Gasteiger partial charge in [0.25, 0.3) is 0 Å². The maximum atomic E-state index is 3.58. The predicted octanol–water partition coefficient (Wildman–Crippen LogP) is 4.08. The van der Waals surface area contributed by atoms with Gasteiger partial charge < -0.3 is 10.3 Å². The highest BCUT2D eigenvalue weighted by molar-refractivity contribution is 7.10. The molecule has 0 saturated carbocycles. The van der Waals surface area contributed by atoms with E-state index in [2.05, 4.69) is 59.0 Å². The molecule has 92 valence electrons. The number of thiophene rings is 1. The monoisotopic (exact) mass is 256 g/mol. The van der Waals surface area contributed by atoms with Gasteiger partial charge in [0.1, 0.15) is 0 Å². The molecule has 2 heterocycles. The van der Waals surface area contributed by atoms with Crippen molar-refractivity contribution in [3.63, 3.8) is 0 Å². The van der Waals surface area contributed by atoms with Gasteiger partial charge >= 0.3 is 0 Å². The third-order valence-corrected chi connectivity index (χ3v) is 4.31. The quantitative estimate of drug-likeness (QED) is 0.723. The summed E-state index contributed by atoms with van der Waals surface area (Å²) in [6, 6.07) is 13.2. The lowest BCUT2D eigenvalue weighted by atomic mass is 10.1. The summed E-state index contributed by atoms with van der Waals surface area (Å²) in [6.07, 6.45) is 2.00. The Morgan fingerprint density at radius 1 is 1.22 bits per heavy atom. The van der Waals surface area contributed by atoms with Crippen LogP contribution in [0.25, 0.3) is 10.9 Å². The minimum Gasteiger partial charge on any atom is -0.361 e. The van der Waals surface area contributed by atoms with Gasteiger partial charge in [0.05, 0.1) is 0 Å². The fraction of sp³-hybridized carbons (Fsp3) is 0.200. The topological polar surface area (TPSA) is 27.8 Å². The molecule has 0 aliphatic rings. The molecule has 0 saturated heterocycles. The number of aromatic amines is 1. The molecule has 0 aliphatic carbocycles. The summed E-state index contributed by atoms with van der Waals surface area (Å²) in [4.78, 5) is 4.63. The summed E-state index contributed by atoms with van der Waals surface area (Å²) < 4.78 is 0. The van der Waals surface area contributed by atoms with E-state index in [-0.39, 0.29) is 0 Å². The van der Waals surface area contributed by atoms with Crippen LogP contribution >= 0.6 is 11.3 Å². The van der Waals surface area contributed by atoms with Crippen LogP contribution in [0.3, 0.4) is 0 Å². The van der Waals surface area contributed by atoms with Crippen LogP contribution in [-0.4, -0.2) is 4.98 Å². The van der Waals surface area contributed by atoms with Gasteiger partial charge in [-0.15, -0.1) is 11.3 Å². The van der Waals surface area contributed by atoms with Crippen LogP contribution in [0, 0.1) is 0 Å². The third kappa shape index (κ3) is 2.19. The Balaban J connectivity index is 1.75. The minimum atomic E-state index is 0.402. The van der Waals surface area contributed by atoms with E-state index in [0.717, 1.165) is 6.54 Å². The molecule has 18 heavy (non-hydrogen) atoms. The molecular weight excluding hydrogens is 240 g/mol. The smallest absolute Gasteiger partial charge is 0.0457 e. The van der Waals surface area contributed by atoms with Crippen LogP contribution < -0.4 is 5.32 Å². The number of H-pyrrole nitrogens is 1. The Labute approximate surface area is 111 Å². The van der Waals surface area contributed by atoms with Crippen molar-refractivity contribution in [1.82, 2.24) is 10.3 Å². The number of hydrogen-bond donors (Lipinski definition) is 2. The average molecular weight is 256 g/mol. The summed E-state index contributed by atoms with van der Waals surface area (Å²) in [5.41, 5.74) is 2.55. The first-order valence-corrected chi connectivity index (χ1v) is 7.04. The summed E-state index contributed by atoms with van der Waals surface area (Å²) >= 11 is 1.80. The van der Waals surface area contributed by atoms with Crippen LogP contribution in [0.5, 0.6) is 0 Å². The SMILES string of the molecule is CC(NCc1cccc2[nH]ccc12)c1cccs1. The van der Waals surface area contributed by atoms with Crippen molar-refractivity contribution in [3.05, 3.63) is 58.4 Å². The van der Waals surface area contributed by atoms with Gasteiger partial charge in [-0.2, -0.15) is 0 Å². The molecule has 3 aromatic rings. The molecule has 2 aromatic heterocycles. The van der Waals surface area contributed by atoms with Gasteiger partial charge in [0, 0.05) is 34.6 Å². The highest BCUT2D eigenvalue weighted by Crippen LogP contribution is 2.21. The number of aromatic nitrogens is 1. The zero-order valence-corrected chi connectivity index (χ0v) is 11.1. The molecule has 0 radical (unpaired) electrons. The van der Waals surface area contributed by atoms with Crippen molar-refractivity contribution in [3.8, 4) is 0 Å². The maximum absolute atomic E-state index is 3.58. The first-order chi connectivity index (χ1) is 8.84. The fourth-order valence-corrected chi connectivity index (χ4v) is 2.96. The zero-order chi connectivity index (χ0) is 12.4. The Bertz CT molecular complexity index is 625. The maximum Gasteiger partial charge on any atom is 0.0457 e. The first kappa shape index (κ1) is 11.5. The van der Waals surface area contributed by atoms with E-state index in [0.29, 0.717) is 6.04 Å². The van der Waals surface area contributed by atoms with Crippen molar-refractivity contribution in [2.45, 2.75) is 19.5 Å². The molecule has 2 nitrogen and oxygen atoms in total. The fourth-order valence-electron chi connectivity index (χ4n) is 2.21. The number of benzene rings is 1. The van der Waals surface area contributed by atoms with E-state index < -0.39 is 0 Å². The predicted molar refractivity (Wildman–Crippen MR) is 77.9 cm³/mol. The van der Waals surface area contributed by atoms with E-state index in [4.69, 9.17) is 0 Å². The van der Waals surface area contributed by atoms with Gasteiger partial charge in [0.15, 0.2) is 0 Å².